The first kappa shape index (κ1) is 12.6. The van der Waals surface area contributed by atoms with Crippen molar-refractivity contribution >= 4 is 0 Å². The Kier molecular flexibility index (Phi) is 4.98. The van der Waals surface area contributed by atoms with Gasteiger partial charge in [0.25, 0.3) is 0 Å². The van der Waals surface area contributed by atoms with Crippen molar-refractivity contribution in [3.63, 3.8) is 0 Å². The van der Waals surface area contributed by atoms with E-state index < -0.39 is 0 Å². The molecule has 0 saturated carbocycles. The quantitative estimate of drug-likeness (QED) is 0.734. The summed E-state index contributed by atoms with van der Waals surface area (Å²) in [7, 11) is 2.21. The van der Waals surface area contributed by atoms with Crippen molar-refractivity contribution < 1.29 is 0 Å². The minimum atomic E-state index is 0.638. The van der Waals surface area contributed by atoms with Crippen LogP contribution in [0.2, 0.25) is 0 Å². The highest BCUT2D eigenvalue weighted by Gasteiger charge is 2.17. The largest absolute Gasteiger partial charge is 0.315 e. The lowest BCUT2D eigenvalue weighted by atomic mass is 10.1. The minimum Gasteiger partial charge on any atom is -0.315 e. The van der Waals surface area contributed by atoms with Gasteiger partial charge in [0.1, 0.15) is 0 Å². The summed E-state index contributed by atoms with van der Waals surface area (Å²) in [6.45, 7) is 5.53. The second kappa shape index (κ2) is 6.74. The summed E-state index contributed by atoms with van der Waals surface area (Å²) in [5.74, 6) is 0. The van der Waals surface area contributed by atoms with E-state index in [2.05, 4.69) is 52.9 Å². The van der Waals surface area contributed by atoms with Crippen LogP contribution in [0.25, 0.3) is 0 Å². The van der Waals surface area contributed by atoms with Crippen LogP contribution in [0.1, 0.15) is 5.56 Å². The number of likely N-dealkylation sites (N-methyl/N-ethyl adjacent to an activating group) is 1. The first-order chi connectivity index (χ1) is 8.36. The Morgan fingerprint density at radius 1 is 1.35 bits per heavy atom. The molecule has 1 fully saturated rings. The van der Waals surface area contributed by atoms with Crippen LogP contribution in [0, 0.1) is 0 Å². The summed E-state index contributed by atoms with van der Waals surface area (Å²) in [5, 5.41) is 6.99. The summed E-state index contributed by atoms with van der Waals surface area (Å²) < 4.78 is 0. The molecular formula is C14H23N3. The van der Waals surface area contributed by atoms with E-state index in [0.717, 1.165) is 39.1 Å². The van der Waals surface area contributed by atoms with Gasteiger partial charge in [0.15, 0.2) is 0 Å². The SMILES string of the molecule is CN1CCNCC1CNCCc1ccccc1. The third-order valence-electron chi connectivity index (χ3n) is 3.46. The highest BCUT2D eigenvalue weighted by Crippen LogP contribution is 2.00. The van der Waals surface area contributed by atoms with E-state index in [0.29, 0.717) is 6.04 Å². The van der Waals surface area contributed by atoms with Crippen LogP contribution >= 0.6 is 0 Å². The van der Waals surface area contributed by atoms with Crippen LogP contribution in [-0.2, 0) is 6.42 Å². The van der Waals surface area contributed by atoms with Gasteiger partial charge in [0.2, 0.25) is 0 Å². The molecule has 3 heteroatoms. The fourth-order valence-corrected chi connectivity index (χ4v) is 2.24. The fourth-order valence-electron chi connectivity index (χ4n) is 2.24. The van der Waals surface area contributed by atoms with Gasteiger partial charge >= 0.3 is 0 Å². The van der Waals surface area contributed by atoms with E-state index >= 15 is 0 Å². The van der Waals surface area contributed by atoms with Crippen molar-refractivity contribution in [2.24, 2.45) is 0 Å². The molecule has 17 heavy (non-hydrogen) atoms. The smallest absolute Gasteiger partial charge is 0.0342 e. The zero-order chi connectivity index (χ0) is 11.9. The highest BCUT2D eigenvalue weighted by atomic mass is 15.2. The van der Waals surface area contributed by atoms with Gasteiger partial charge in [0.05, 0.1) is 0 Å². The molecule has 1 unspecified atom stereocenters. The van der Waals surface area contributed by atoms with Crippen LogP contribution in [-0.4, -0.2) is 50.7 Å². The van der Waals surface area contributed by atoms with E-state index in [4.69, 9.17) is 0 Å². The van der Waals surface area contributed by atoms with Crippen molar-refractivity contribution in [1.82, 2.24) is 15.5 Å². The first-order valence-corrected chi connectivity index (χ1v) is 6.52. The third kappa shape index (κ3) is 4.11. The van der Waals surface area contributed by atoms with Gasteiger partial charge < -0.3 is 10.6 Å². The maximum atomic E-state index is 3.55. The molecule has 1 aromatic carbocycles. The van der Waals surface area contributed by atoms with E-state index in [1.165, 1.54) is 5.56 Å². The zero-order valence-corrected chi connectivity index (χ0v) is 10.7. The van der Waals surface area contributed by atoms with E-state index in [1.54, 1.807) is 0 Å². The van der Waals surface area contributed by atoms with Crippen molar-refractivity contribution in [2.75, 3.05) is 39.8 Å². The van der Waals surface area contributed by atoms with Crippen molar-refractivity contribution in [3.05, 3.63) is 35.9 Å². The van der Waals surface area contributed by atoms with Crippen LogP contribution < -0.4 is 10.6 Å². The molecule has 1 aliphatic rings. The number of piperazine rings is 1. The van der Waals surface area contributed by atoms with Gasteiger partial charge in [-0.1, -0.05) is 30.3 Å². The molecule has 0 bridgehead atoms. The number of hydrogen-bond acceptors (Lipinski definition) is 3. The number of rotatable bonds is 5. The Morgan fingerprint density at radius 3 is 2.94 bits per heavy atom. The van der Waals surface area contributed by atoms with Gasteiger partial charge in [-0.3, -0.25) is 4.90 Å². The fraction of sp³-hybridized carbons (Fsp3) is 0.571. The maximum absolute atomic E-state index is 3.55. The van der Waals surface area contributed by atoms with Crippen LogP contribution in [0.3, 0.4) is 0 Å². The number of nitrogens with one attached hydrogen (secondary N) is 2. The molecule has 0 amide bonds. The lowest BCUT2D eigenvalue weighted by Crippen LogP contribution is -2.53. The topological polar surface area (TPSA) is 27.3 Å². The van der Waals surface area contributed by atoms with Crippen LogP contribution in [0.4, 0.5) is 0 Å². The predicted molar refractivity (Wildman–Crippen MR) is 72.3 cm³/mol. The molecule has 0 aromatic heterocycles. The van der Waals surface area contributed by atoms with Crippen molar-refractivity contribution in [2.45, 2.75) is 12.5 Å². The third-order valence-corrected chi connectivity index (χ3v) is 3.46. The molecule has 1 atom stereocenters. The Labute approximate surface area is 104 Å². The van der Waals surface area contributed by atoms with Gasteiger partial charge in [-0.05, 0) is 25.6 Å². The molecule has 1 aromatic rings. The molecule has 2 rings (SSSR count). The number of benzene rings is 1. The molecule has 1 aliphatic heterocycles. The minimum absolute atomic E-state index is 0.638. The molecule has 0 aliphatic carbocycles. The van der Waals surface area contributed by atoms with Gasteiger partial charge in [-0.2, -0.15) is 0 Å². The van der Waals surface area contributed by atoms with E-state index in [-0.39, 0.29) is 0 Å². The molecule has 1 heterocycles. The van der Waals surface area contributed by atoms with Gasteiger partial charge in [-0.15, -0.1) is 0 Å². The van der Waals surface area contributed by atoms with Crippen molar-refractivity contribution in [3.8, 4) is 0 Å². The molecule has 3 nitrogen and oxygen atoms in total. The second-order valence-corrected chi connectivity index (χ2v) is 4.78. The van der Waals surface area contributed by atoms with Crippen LogP contribution in [0.5, 0.6) is 0 Å². The summed E-state index contributed by atoms with van der Waals surface area (Å²) in [4.78, 5) is 2.44. The Balaban J connectivity index is 1.63. The molecule has 1 saturated heterocycles. The average molecular weight is 233 g/mol. The Hall–Kier alpha value is -0.900. The zero-order valence-electron chi connectivity index (χ0n) is 10.7. The molecule has 94 valence electrons. The van der Waals surface area contributed by atoms with E-state index in [9.17, 15) is 0 Å². The van der Waals surface area contributed by atoms with E-state index in [1.807, 2.05) is 0 Å². The summed E-state index contributed by atoms with van der Waals surface area (Å²) >= 11 is 0. The normalized spacial score (nSPS) is 21.6. The summed E-state index contributed by atoms with van der Waals surface area (Å²) in [6, 6.07) is 11.3. The standard InChI is InChI=1S/C14H23N3/c1-17-10-9-16-12-14(17)11-15-8-7-13-5-3-2-4-6-13/h2-6,14-16H,7-12H2,1H3. The lowest BCUT2D eigenvalue weighted by Gasteiger charge is -2.33. The molecule has 0 spiro atoms. The highest BCUT2D eigenvalue weighted by molar-refractivity contribution is 5.14. The number of nitrogens with zero attached hydrogens (tertiary/aromatic N) is 1. The predicted octanol–water partition coefficient (Wildman–Crippen LogP) is 0.722. The molecule has 0 radical (unpaired) electrons. The summed E-state index contributed by atoms with van der Waals surface area (Å²) in [6.07, 6.45) is 1.12. The summed E-state index contributed by atoms with van der Waals surface area (Å²) in [5.41, 5.74) is 1.41. The lowest BCUT2D eigenvalue weighted by molar-refractivity contribution is 0.196. The van der Waals surface area contributed by atoms with Crippen LogP contribution in [0.15, 0.2) is 30.3 Å². The average Bonchev–Trinajstić information content (AvgIpc) is 2.38. The monoisotopic (exact) mass is 233 g/mol. The second-order valence-electron chi connectivity index (χ2n) is 4.78. The van der Waals surface area contributed by atoms with Crippen molar-refractivity contribution in [1.29, 1.82) is 0 Å². The molecular weight excluding hydrogens is 210 g/mol. The first-order valence-electron chi connectivity index (χ1n) is 6.52. The number of hydrogen-bond donors (Lipinski definition) is 2. The van der Waals surface area contributed by atoms with Gasteiger partial charge in [-0.25, -0.2) is 0 Å². The Bertz CT molecular complexity index is 313. The molecule has 2 N–H and O–H groups in total. The Morgan fingerprint density at radius 2 is 2.18 bits per heavy atom. The maximum Gasteiger partial charge on any atom is 0.0342 e. The van der Waals surface area contributed by atoms with Gasteiger partial charge in [0, 0.05) is 32.2 Å².